The number of aromatic nitrogens is 2. The molecule has 2 heterocycles. The molecular formula is C28H33ClN4O5. The van der Waals surface area contributed by atoms with Crippen molar-refractivity contribution in [3.05, 3.63) is 53.7 Å². The maximum atomic E-state index is 13.1. The first-order valence-electron chi connectivity index (χ1n) is 12.6. The highest BCUT2D eigenvalue weighted by Crippen LogP contribution is 2.37. The summed E-state index contributed by atoms with van der Waals surface area (Å²) in [5.74, 6) is -0.223. The fourth-order valence-electron chi connectivity index (χ4n) is 4.45. The number of phenols is 1. The standard InChI is InChI=1S/C28H33ClN4O5/c1-28(2,3)38-27(37)33-13-5-4-6-23(33)26(36)30-20-10-7-18(8-11-20)22-17-32(14-15-34)31-25(22)21-16-19(29)9-12-24(21)35/h7-12,16-17,23,34-35H,4-6,13-15H2,1-3H3,(H,30,36)/t23-/m1/s1. The molecule has 2 aromatic carbocycles. The lowest BCUT2D eigenvalue weighted by atomic mass is 10.0. The van der Waals surface area contributed by atoms with E-state index in [0.717, 1.165) is 24.0 Å². The van der Waals surface area contributed by atoms with E-state index < -0.39 is 17.7 Å². The van der Waals surface area contributed by atoms with Crippen molar-refractivity contribution in [1.82, 2.24) is 14.7 Å². The van der Waals surface area contributed by atoms with E-state index in [0.29, 0.717) is 34.9 Å². The van der Waals surface area contributed by atoms with Crippen LogP contribution in [0.25, 0.3) is 22.4 Å². The Morgan fingerprint density at radius 1 is 1.13 bits per heavy atom. The van der Waals surface area contributed by atoms with Gasteiger partial charge in [-0.25, -0.2) is 4.79 Å². The zero-order valence-corrected chi connectivity index (χ0v) is 22.5. The topological polar surface area (TPSA) is 117 Å². The van der Waals surface area contributed by atoms with Crippen molar-refractivity contribution in [2.45, 2.75) is 58.2 Å². The number of aliphatic hydroxyl groups excluding tert-OH is 1. The smallest absolute Gasteiger partial charge is 0.410 e. The minimum Gasteiger partial charge on any atom is -0.507 e. The number of piperidine rings is 1. The molecule has 1 saturated heterocycles. The lowest BCUT2D eigenvalue weighted by Crippen LogP contribution is -2.51. The van der Waals surface area contributed by atoms with E-state index in [4.69, 9.17) is 16.3 Å². The maximum absolute atomic E-state index is 13.1. The summed E-state index contributed by atoms with van der Waals surface area (Å²) < 4.78 is 7.12. The number of hydrogen-bond donors (Lipinski definition) is 3. The van der Waals surface area contributed by atoms with E-state index in [9.17, 15) is 19.8 Å². The van der Waals surface area contributed by atoms with Crippen molar-refractivity contribution >= 4 is 29.3 Å². The van der Waals surface area contributed by atoms with E-state index in [1.807, 2.05) is 12.1 Å². The van der Waals surface area contributed by atoms with Gasteiger partial charge in [0.1, 0.15) is 23.1 Å². The molecule has 1 aliphatic heterocycles. The van der Waals surface area contributed by atoms with Gasteiger partial charge in [0, 0.05) is 34.6 Å². The number of nitrogens with zero attached hydrogens (tertiary/aromatic N) is 3. The number of carbonyl (C=O) groups is 2. The largest absolute Gasteiger partial charge is 0.507 e. The normalized spacial score (nSPS) is 15.8. The molecule has 3 N–H and O–H groups in total. The summed E-state index contributed by atoms with van der Waals surface area (Å²) in [5, 5.41) is 27.8. The SMILES string of the molecule is CC(C)(C)OC(=O)N1CCCC[C@@H]1C(=O)Nc1ccc(-c2cn(CCO)nc2-c2cc(Cl)ccc2O)cc1. The van der Waals surface area contributed by atoms with Crippen molar-refractivity contribution in [3.63, 3.8) is 0 Å². The summed E-state index contributed by atoms with van der Waals surface area (Å²) in [6.07, 6.45) is 3.56. The average molecular weight is 541 g/mol. The lowest BCUT2D eigenvalue weighted by molar-refractivity contribution is -0.122. The molecule has 10 heteroatoms. The van der Waals surface area contributed by atoms with Crippen LogP contribution in [-0.4, -0.2) is 61.7 Å². The number of rotatable bonds is 6. The minimum atomic E-state index is -0.642. The number of phenolic OH excluding ortho intramolecular Hbond substituents is 1. The second-order valence-electron chi connectivity index (χ2n) is 10.3. The molecule has 38 heavy (non-hydrogen) atoms. The second-order valence-corrected chi connectivity index (χ2v) is 10.7. The van der Waals surface area contributed by atoms with E-state index in [1.165, 1.54) is 11.0 Å². The van der Waals surface area contributed by atoms with Crippen LogP contribution in [0.1, 0.15) is 40.0 Å². The summed E-state index contributed by atoms with van der Waals surface area (Å²) >= 11 is 6.17. The molecule has 202 valence electrons. The van der Waals surface area contributed by atoms with Crippen LogP contribution in [0.15, 0.2) is 48.7 Å². The number of hydrogen-bond acceptors (Lipinski definition) is 6. The number of amides is 2. The van der Waals surface area contributed by atoms with Gasteiger partial charge < -0.3 is 20.3 Å². The number of aromatic hydroxyl groups is 1. The molecule has 1 atom stereocenters. The van der Waals surface area contributed by atoms with Gasteiger partial charge in [-0.05, 0) is 75.9 Å². The van der Waals surface area contributed by atoms with Crippen molar-refractivity contribution < 1.29 is 24.5 Å². The average Bonchev–Trinajstić information content (AvgIpc) is 3.28. The van der Waals surface area contributed by atoms with Crippen LogP contribution >= 0.6 is 11.6 Å². The lowest BCUT2D eigenvalue weighted by Gasteiger charge is -2.35. The monoisotopic (exact) mass is 540 g/mol. The van der Waals surface area contributed by atoms with Gasteiger partial charge in [0.25, 0.3) is 0 Å². The number of aliphatic hydroxyl groups is 1. The van der Waals surface area contributed by atoms with E-state index >= 15 is 0 Å². The van der Waals surface area contributed by atoms with Crippen LogP contribution in [0.2, 0.25) is 5.02 Å². The Balaban J connectivity index is 1.55. The molecule has 2 amide bonds. The third-order valence-corrected chi connectivity index (χ3v) is 6.44. The first kappa shape index (κ1) is 27.5. The number of anilines is 1. The van der Waals surface area contributed by atoms with Gasteiger partial charge in [0.05, 0.1) is 13.2 Å². The summed E-state index contributed by atoms with van der Waals surface area (Å²) in [4.78, 5) is 27.4. The maximum Gasteiger partial charge on any atom is 0.410 e. The molecule has 1 aliphatic rings. The van der Waals surface area contributed by atoms with Gasteiger partial charge in [-0.1, -0.05) is 23.7 Å². The number of nitrogens with one attached hydrogen (secondary N) is 1. The van der Waals surface area contributed by atoms with Crippen LogP contribution in [0, 0.1) is 0 Å². The molecule has 1 fully saturated rings. The Bertz CT molecular complexity index is 1300. The number of ether oxygens (including phenoxy) is 1. The van der Waals surface area contributed by atoms with Gasteiger partial charge in [-0.2, -0.15) is 5.10 Å². The zero-order chi connectivity index (χ0) is 27.4. The van der Waals surface area contributed by atoms with Gasteiger partial charge in [-0.15, -0.1) is 0 Å². The van der Waals surface area contributed by atoms with E-state index in [2.05, 4.69) is 10.4 Å². The summed E-state index contributed by atoms with van der Waals surface area (Å²) in [6, 6.07) is 11.4. The Kier molecular flexibility index (Phi) is 8.28. The fourth-order valence-corrected chi connectivity index (χ4v) is 4.62. The highest BCUT2D eigenvalue weighted by molar-refractivity contribution is 6.31. The van der Waals surface area contributed by atoms with E-state index in [-0.39, 0.29) is 24.8 Å². The Hall–Kier alpha value is -3.56. The molecule has 0 unspecified atom stereocenters. The van der Waals surface area contributed by atoms with Gasteiger partial charge >= 0.3 is 6.09 Å². The van der Waals surface area contributed by atoms with Crippen LogP contribution in [0.4, 0.5) is 10.5 Å². The third kappa shape index (κ3) is 6.46. The molecule has 0 spiro atoms. The number of halogens is 1. The predicted molar refractivity (Wildman–Crippen MR) is 146 cm³/mol. The summed E-state index contributed by atoms with van der Waals surface area (Å²) in [5.41, 5.74) is 2.47. The minimum absolute atomic E-state index is 0.0378. The predicted octanol–water partition coefficient (Wildman–Crippen LogP) is 5.30. The quantitative estimate of drug-likeness (QED) is 0.391. The molecule has 0 saturated carbocycles. The van der Waals surface area contributed by atoms with Crippen molar-refractivity contribution in [3.8, 4) is 28.1 Å². The third-order valence-electron chi connectivity index (χ3n) is 6.20. The highest BCUT2D eigenvalue weighted by atomic mass is 35.5. The Labute approximate surface area is 227 Å². The van der Waals surface area contributed by atoms with Crippen molar-refractivity contribution in [2.75, 3.05) is 18.5 Å². The molecule has 1 aromatic heterocycles. The molecule has 0 aliphatic carbocycles. The van der Waals surface area contributed by atoms with Crippen LogP contribution in [0.3, 0.4) is 0 Å². The number of likely N-dealkylation sites (tertiary alicyclic amines) is 1. The first-order valence-corrected chi connectivity index (χ1v) is 13.0. The second kappa shape index (κ2) is 11.4. The van der Waals surface area contributed by atoms with Gasteiger partial charge in [-0.3, -0.25) is 14.4 Å². The molecule has 9 nitrogen and oxygen atoms in total. The highest BCUT2D eigenvalue weighted by Gasteiger charge is 2.34. The number of benzene rings is 2. The zero-order valence-electron chi connectivity index (χ0n) is 21.8. The molecule has 4 rings (SSSR count). The van der Waals surface area contributed by atoms with Gasteiger partial charge in [0.2, 0.25) is 5.91 Å². The Morgan fingerprint density at radius 2 is 1.87 bits per heavy atom. The summed E-state index contributed by atoms with van der Waals surface area (Å²) in [7, 11) is 0. The Morgan fingerprint density at radius 3 is 2.55 bits per heavy atom. The number of carbonyl (C=O) groups excluding carboxylic acids is 2. The first-order chi connectivity index (χ1) is 18.1. The van der Waals surface area contributed by atoms with Gasteiger partial charge in [0.15, 0.2) is 0 Å². The van der Waals surface area contributed by atoms with E-state index in [1.54, 1.807) is 55.9 Å². The molecule has 0 radical (unpaired) electrons. The van der Waals surface area contributed by atoms with Crippen LogP contribution in [0.5, 0.6) is 5.75 Å². The molecule has 3 aromatic rings. The molecular weight excluding hydrogens is 508 g/mol. The summed E-state index contributed by atoms with van der Waals surface area (Å²) in [6.45, 7) is 6.09. The molecule has 0 bridgehead atoms. The van der Waals surface area contributed by atoms with Crippen LogP contribution in [-0.2, 0) is 16.1 Å². The van der Waals surface area contributed by atoms with Crippen LogP contribution < -0.4 is 5.32 Å². The van der Waals surface area contributed by atoms with Crippen molar-refractivity contribution in [1.29, 1.82) is 0 Å². The fraction of sp³-hybridized carbons (Fsp3) is 0.393. The van der Waals surface area contributed by atoms with Crippen molar-refractivity contribution in [2.24, 2.45) is 0 Å².